The first-order chi connectivity index (χ1) is 13.4. The molecule has 0 fully saturated rings. The molecule has 0 aliphatic rings. The van der Waals surface area contributed by atoms with E-state index in [0.29, 0.717) is 11.3 Å². The van der Waals surface area contributed by atoms with Gasteiger partial charge < -0.3 is 10.1 Å². The Morgan fingerprint density at radius 3 is 2.57 bits per heavy atom. The number of hydrogen-bond acceptors (Lipinski definition) is 5. The van der Waals surface area contributed by atoms with E-state index in [4.69, 9.17) is 4.74 Å². The van der Waals surface area contributed by atoms with Crippen molar-refractivity contribution in [1.82, 2.24) is 20.1 Å². The zero-order valence-electron chi connectivity index (χ0n) is 16.5. The van der Waals surface area contributed by atoms with Crippen molar-refractivity contribution in [3.63, 3.8) is 0 Å². The Kier molecular flexibility index (Phi) is 5.73. The highest BCUT2D eigenvalue weighted by Crippen LogP contribution is 2.22. The number of rotatable bonds is 6. The summed E-state index contributed by atoms with van der Waals surface area (Å²) < 4.78 is 6.61. The van der Waals surface area contributed by atoms with E-state index in [2.05, 4.69) is 15.4 Å². The summed E-state index contributed by atoms with van der Waals surface area (Å²) in [5.74, 6) is -0.681. The van der Waals surface area contributed by atoms with Gasteiger partial charge in [-0.2, -0.15) is 5.10 Å². The van der Waals surface area contributed by atoms with E-state index in [1.54, 1.807) is 19.2 Å². The molecule has 0 spiro atoms. The lowest BCUT2D eigenvalue weighted by atomic mass is 10.0. The molecular formula is C21H24N4O3. The molecule has 0 bridgehead atoms. The van der Waals surface area contributed by atoms with Crippen molar-refractivity contribution in [3.8, 4) is 0 Å². The summed E-state index contributed by atoms with van der Waals surface area (Å²) in [6.07, 6.45) is 1.76. The van der Waals surface area contributed by atoms with Crippen LogP contribution in [0.25, 0.3) is 11.0 Å². The number of fused-ring (bicyclic) bond motifs is 1. The van der Waals surface area contributed by atoms with Crippen molar-refractivity contribution in [2.24, 2.45) is 0 Å². The molecule has 0 unspecified atom stereocenters. The first-order valence-electron chi connectivity index (χ1n) is 9.18. The summed E-state index contributed by atoms with van der Waals surface area (Å²) >= 11 is 0. The Labute approximate surface area is 163 Å². The van der Waals surface area contributed by atoms with Crippen LogP contribution < -0.4 is 5.32 Å². The zero-order chi connectivity index (χ0) is 20.3. The van der Waals surface area contributed by atoms with Crippen molar-refractivity contribution >= 4 is 22.9 Å². The Bertz CT molecular complexity index is 996. The molecular weight excluding hydrogens is 356 g/mol. The summed E-state index contributed by atoms with van der Waals surface area (Å²) in [5, 5.41) is 8.10. The second-order valence-electron chi connectivity index (χ2n) is 6.93. The minimum Gasteiger partial charge on any atom is -0.469 e. The summed E-state index contributed by atoms with van der Waals surface area (Å²) in [7, 11) is 1.33. The highest BCUT2D eigenvalue weighted by molar-refractivity contribution is 5.98. The molecule has 0 aliphatic heterocycles. The smallest absolute Gasteiger partial charge is 0.307 e. The maximum absolute atomic E-state index is 13.0. The minimum atomic E-state index is -0.491. The number of nitrogens with zero attached hydrogens (tertiary/aromatic N) is 3. The second-order valence-corrected chi connectivity index (χ2v) is 6.93. The van der Waals surface area contributed by atoms with Gasteiger partial charge in [-0.1, -0.05) is 30.3 Å². The zero-order valence-corrected chi connectivity index (χ0v) is 16.5. The Balaban J connectivity index is 1.91. The van der Waals surface area contributed by atoms with Gasteiger partial charge in [-0.15, -0.1) is 0 Å². The van der Waals surface area contributed by atoms with Gasteiger partial charge in [-0.05, 0) is 32.4 Å². The van der Waals surface area contributed by atoms with Crippen LogP contribution in [0.4, 0.5) is 0 Å². The molecule has 146 valence electrons. The molecule has 1 N–H and O–H groups in total. The number of pyridine rings is 1. The molecule has 7 nitrogen and oxygen atoms in total. The molecule has 28 heavy (non-hydrogen) atoms. The van der Waals surface area contributed by atoms with Gasteiger partial charge in [0.2, 0.25) is 0 Å². The average Bonchev–Trinajstić information content (AvgIpc) is 3.10. The SMILES string of the molecule is COC(=O)C[C@@H](NC(=O)c1cc2cnn(C(C)C)c2nc1C)c1ccccc1. The van der Waals surface area contributed by atoms with Crippen molar-refractivity contribution in [2.75, 3.05) is 7.11 Å². The van der Waals surface area contributed by atoms with Crippen molar-refractivity contribution in [1.29, 1.82) is 0 Å². The van der Waals surface area contributed by atoms with Gasteiger partial charge in [0.1, 0.15) is 0 Å². The fraction of sp³-hybridized carbons (Fsp3) is 0.333. The van der Waals surface area contributed by atoms with Gasteiger partial charge in [0.25, 0.3) is 5.91 Å². The molecule has 1 amide bonds. The van der Waals surface area contributed by atoms with E-state index < -0.39 is 12.0 Å². The molecule has 0 aliphatic carbocycles. The van der Waals surface area contributed by atoms with E-state index in [-0.39, 0.29) is 18.4 Å². The highest BCUT2D eigenvalue weighted by Gasteiger charge is 2.22. The summed E-state index contributed by atoms with van der Waals surface area (Å²) in [5.41, 5.74) is 2.65. The lowest BCUT2D eigenvalue weighted by Gasteiger charge is -2.19. The van der Waals surface area contributed by atoms with Crippen LogP contribution in [0.3, 0.4) is 0 Å². The third kappa shape index (κ3) is 4.03. The number of amides is 1. The lowest BCUT2D eigenvalue weighted by Crippen LogP contribution is -2.31. The third-order valence-electron chi connectivity index (χ3n) is 4.60. The highest BCUT2D eigenvalue weighted by atomic mass is 16.5. The van der Waals surface area contributed by atoms with Crippen LogP contribution in [0, 0.1) is 6.92 Å². The average molecular weight is 380 g/mol. The molecule has 3 aromatic rings. The third-order valence-corrected chi connectivity index (χ3v) is 4.60. The van der Waals surface area contributed by atoms with Crippen LogP contribution in [-0.4, -0.2) is 33.8 Å². The quantitative estimate of drug-likeness (QED) is 0.663. The van der Waals surface area contributed by atoms with Gasteiger partial charge in [-0.3, -0.25) is 9.59 Å². The van der Waals surface area contributed by atoms with E-state index in [1.807, 2.05) is 48.9 Å². The van der Waals surface area contributed by atoms with Crippen LogP contribution in [0.1, 0.15) is 54.0 Å². The molecule has 0 saturated heterocycles. The maximum Gasteiger partial charge on any atom is 0.307 e. The summed E-state index contributed by atoms with van der Waals surface area (Å²) in [6, 6.07) is 10.8. The number of ether oxygens (including phenoxy) is 1. The van der Waals surface area contributed by atoms with Gasteiger partial charge in [0, 0.05) is 11.4 Å². The van der Waals surface area contributed by atoms with Gasteiger partial charge in [0.15, 0.2) is 5.65 Å². The number of aryl methyl sites for hydroxylation is 1. The predicted molar refractivity (Wildman–Crippen MR) is 106 cm³/mol. The summed E-state index contributed by atoms with van der Waals surface area (Å²) in [6.45, 7) is 5.85. The summed E-state index contributed by atoms with van der Waals surface area (Å²) in [4.78, 5) is 29.4. The predicted octanol–water partition coefficient (Wildman–Crippen LogP) is 3.35. The van der Waals surface area contributed by atoms with E-state index in [0.717, 1.165) is 16.6 Å². The van der Waals surface area contributed by atoms with Gasteiger partial charge in [0.05, 0.1) is 37.0 Å². The molecule has 3 rings (SSSR count). The van der Waals surface area contributed by atoms with Gasteiger partial charge >= 0.3 is 5.97 Å². The van der Waals surface area contributed by atoms with Crippen LogP contribution in [0.15, 0.2) is 42.6 Å². The first kappa shape index (κ1) is 19.5. The number of carbonyl (C=O) groups excluding carboxylic acids is 2. The monoisotopic (exact) mass is 380 g/mol. The first-order valence-corrected chi connectivity index (χ1v) is 9.18. The standard InChI is InChI=1S/C21H24N4O3/c1-13(2)25-20-16(12-22-25)10-17(14(3)23-20)21(27)24-18(11-19(26)28-4)15-8-6-5-7-9-15/h5-10,12-13,18H,11H2,1-4H3,(H,24,27)/t18-/m1/s1. The van der Waals surface area contributed by atoms with Crippen LogP contribution in [-0.2, 0) is 9.53 Å². The molecule has 7 heteroatoms. The van der Waals surface area contributed by atoms with E-state index >= 15 is 0 Å². The molecule has 1 atom stereocenters. The van der Waals surface area contributed by atoms with Crippen LogP contribution in [0.5, 0.6) is 0 Å². The fourth-order valence-corrected chi connectivity index (χ4v) is 3.10. The molecule has 0 radical (unpaired) electrons. The Morgan fingerprint density at radius 2 is 1.93 bits per heavy atom. The molecule has 2 aromatic heterocycles. The number of carbonyl (C=O) groups is 2. The maximum atomic E-state index is 13.0. The number of methoxy groups -OCH3 is 1. The minimum absolute atomic E-state index is 0.0479. The van der Waals surface area contributed by atoms with Crippen molar-refractivity contribution in [2.45, 2.75) is 39.3 Å². The number of esters is 1. The number of benzene rings is 1. The Hall–Kier alpha value is -3.22. The molecule has 2 heterocycles. The largest absolute Gasteiger partial charge is 0.469 e. The fourth-order valence-electron chi connectivity index (χ4n) is 3.10. The van der Waals surface area contributed by atoms with Crippen LogP contribution >= 0.6 is 0 Å². The number of nitrogens with one attached hydrogen (secondary N) is 1. The van der Waals surface area contributed by atoms with E-state index in [1.165, 1.54) is 7.11 Å². The number of aromatic nitrogens is 3. The second kappa shape index (κ2) is 8.21. The van der Waals surface area contributed by atoms with Gasteiger partial charge in [-0.25, -0.2) is 9.67 Å². The number of hydrogen-bond donors (Lipinski definition) is 1. The molecule has 0 saturated carbocycles. The van der Waals surface area contributed by atoms with Crippen molar-refractivity contribution in [3.05, 3.63) is 59.4 Å². The van der Waals surface area contributed by atoms with E-state index in [9.17, 15) is 9.59 Å². The van der Waals surface area contributed by atoms with Crippen molar-refractivity contribution < 1.29 is 14.3 Å². The lowest BCUT2D eigenvalue weighted by molar-refractivity contribution is -0.141. The molecule has 1 aromatic carbocycles. The normalized spacial score (nSPS) is 12.2. The Morgan fingerprint density at radius 1 is 1.21 bits per heavy atom. The van der Waals surface area contributed by atoms with Crippen LogP contribution in [0.2, 0.25) is 0 Å². The topological polar surface area (TPSA) is 86.1 Å².